The molecule has 0 bridgehead atoms. The van der Waals surface area contributed by atoms with Crippen molar-refractivity contribution < 1.29 is 9.53 Å². The summed E-state index contributed by atoms with van der Waals surface area (Å²) in [6.07, 6.45) is 3.08. The fourth-order valence-electron chi connectivity index (χ4n) is 1.37. The second-order valence-electron chi connectivity index (χ2n) is 4.90. The first kappa shape index (κ1) is 12.6. The highest BCUT2D eigenvalue weighted by Crippen LogP contribution is 2.19. The van der Waals surface area contributed by atoms with Crippen molar-refractivity contribution in [1.82, 2.24) is 4.90 Å². The third-order valence-corrected chi connectivity index (χ3v) is 2.13. The van der Waals surface area contributed by atoms with Gasteiger partial charge >= 0.3 is 6.09 Å². The number of likely N-dealkylation sites (tertiary alicyclic amines) is 1. The Hall–Kier alpha value is -1.50. The van der Waals surface area contributed by atoms with E-state index >= 15 is 0 Å². The number of carbonyl (C=O) groups is 1. The lowest BCUT2D eigenvalue weighted by molar-refractivity contribution is 0.0214. The molecule has 1 fully saturated rings. The van der Waals surface area contributed by atoms with Crippen LogP contribution >= 0.6 is 0 Å². The Kier molecular flexibility index (Phi) is 3.94. The summed E-state index contributed by atoms with van der Waals surface area (Å²) >= 11 is 0. The number of hydrogen-bond acceptors (Lipinski definition) is 3. The van der Waals surface area contributed by atoms with Gasteiger partial charge in [0.2, 0.25) is 0 Å². The molecule has 1 amide bonds. The topological polar surface area (TPSA) is 53.3 Å². The number of rotatable bonds is 2. The lowest BCUT2D eigenvalue weighted by Crippen LogP contribution is -2.46. The predicted octanol–water partition coefficient (Wildman–Crippen LogP) is 2.47. The summed E-state index contributed by atoms with van der Waals surface area (Å²) in [6.45, 7) is 6.84. The Morgan fingerprint density at radius 2 is 2.19 bits per heavy atom. The number of hydrogen-bond donors (Lipinski definition) is 0. The van der Waals surface area contributed by atoms with E-state index in [2.05, 4.69) is 6.07 Å². The summed E-state index contributed by atoms with van der Waals surface area (Å²) in [5, 5.41) is 8.37. The molecular weight excluding hydrogens is 204 g/mol. The summed E-state index contributed by atoms with van der Waals surface area (Å²) in [5.41, 5.74) is 0.776. The van der Waals surface area contributed by atoms with Gasteiger partial charge in [-0.2, -0.15) is 5.26 Å². The summed E-state index contributed by atoms with van der Waals surface area (Å²) in [4.78, 5) is 13.2. The van der Waals surface area contributed by atoms with E-state index < -0.39 is 5.60 Å². The van der Waals surface area contributed by atoms with Crippen molar-refractivity contribution in [2.24, 2.45) is 0 Å². The zero-order chi connectivity index (χ0) is 12.2. The largest absolute Gasteiger partial charge is 0.444 e. The molecular formula is C12H18N2O2. The van der Waals surface area contributed by atoms with Crippen molar-refractivity contribution in [2.75, 3.05) is 13.1 Å². The summed E-state index contributed by atoms with van der Waals surface area (Å²) in [5.74, 6) is 0. The number of nitrogens with zero attached hydrogens (tertiary/aromatic N) is 2. The minimum absolute atomic E-state index is 0.259. The lowest BCUT2D eigenvalue weighted by atomic mass is 10.1. The van der Waals surface area contributed by atoms with Crippen LogP contribution in [0.25, 0.3) is 0 Å². The minimum atomic E-state index is -0.433. The van der Waals surface area contributed by atoms with Gasteiger partial charge in [0.05, 0.1) is 6.07 Å². The van der Waals surface area contributed by atoms with Crippen LogP contribution in [0.3, 0.4) is 0 Å². The average Bonchev–Trinajstić information content (AvgIpc) is 2.05. The molecule has 4 heteroatoms. The zero-order valence-electron chi connectivity index (χ0n) is 10.1. The van der Waals surface area contributed by atoms with Gasteiger partial charge in [0.15, 0.2) is 0 Å². The lowest BCUT2D eigenvalue weighted by Gasteiger charge is -2.35. The van der Waals surface area contributed by atoms with E-state index in [4.69, 9.17) is 10.00 Å². The first-order valence-corrected chi connectivity index (χ1v) is 5.45. The maximum absolute atomic E-state index is 11.5. The van der Waals surface area contributed by atoms with E-state index in [0.717, 1.165) is 6.42 Å². The minimum Gasteiger partial charge on any atom is -0.444 e. The fraction of sp³-hybridized carbons (Fsp3) is 0.667. The summed E-state index contributed by atoms with van der Waals surface area (Å²) < 4.78 is 5.22. The van der Waals surface area contributed by atoms with Crippen LogP contribution in [-0.4, -0.2) is 29.7 Å². The molecule has 4 nitrogen and oxygen atoms in total. The molecule has 1 aliphatic heterocycles. The van der Waals surface area contributed by atoms with Crippen molar-refractivity contribution >= 4 is 6.09 Å². The van der Waals surface area contributed by atoms with Gasteiger partial charge in [0, 0.05) is 19.5 Å². The van der Waals surface area contributed by atoms with Gasteiger partial charge in [-0.1, -0.05) is 6.08 Å². The molecule has 16 heavy (non-hydrogen) atoms. The van der Waals surface area contributed by atoms with Crippen molar-refractivity contribution in [1.29, 1.82) is 5.26 Å². The molecule has 0 atom stereocenters. The van der Waals surface area contributed by atoms with E-state index in [1.807, 2.05) is 26.8 Å². The van der Waals surface area contributed by atoms with Crippen LogP contribution in [0.2, 0.25) is 0 Å². The second-order valence-corrected chi connectivity index (χ2v) is 4.90. The van der Waals surface area contributed by atoms with Crippen LogP contribution in [0.5, 0.6) is 0 Å². The monoisotopic (exact) mass is 222 g/mol. The van der Waals surface area contributed by atoms with Crippen molar-refractivity contribution in [2.45, 2.75) is 39.2 Å². The van der Waals surface area contributed by atoms with Crippen LogP contribution < -0.4 is 0 Å². The zero-order valence-corrected chi connectivity index (χ0v) is 10.1. The maximum Gasteiger partial charge on any atom is 0.410 e. The van der Waals surface area contributed by atoms with Gasteiger partial charge < -0.3 is 9.64 Å². The van der Waals surface area contributed by atoms with Gasteiger partial charge in [0.25, 0.3) is 0 Å². The molecule has 0 radical (unpaired) electrons. The van der Waals surface area contributed by atoms with Crippen LogP contribution in [0.1, 0.15) is 33.6 Å². The first-order chi connectivity index (χ1) is 7.42. The average molecular weight is 222 g/mol. The van der Waals surface area contributed by atoms with E-state index in [1.165, 1.54) is 5.57 Å². The number of allylic oxidation sites excluding steroid dienone is 1. The molecule has 1 saturated heterocycles. The van der Waals surface area contributed by atoms with Crippen LogP contribution in [0, 0.1) is 11.3 Å². The van der Waals surface area contributed by atoms with Gasteiger partial charge in [-0.3, -0.25) is 0 Å². The Morgan fingerprint density at radius 3 is 2.69 bits per heavy atom. The predicted molar refractivity (Wildman–Crippen MR) is 60.7 cm³/mol. The van der Waals surface area contributed by atoms with Gasteiger partial charge in [0.1, 0.15) is 5.60 Å². The second kappa shape index (κ2) is 5.02. The van der Waals surface area contributed by atoms with Crippen molar-refractivity contribution in [3.05, 3.63) is 11.6 Å². The van der Waals surface area contributed by atoms with Crippen molar-refractivity contribution in [3.8, 4) is 6.07 Å². The Bertz CT molecular complexity index is 326. The van der Waals surface area contributed by atoms with Gasteiger partial charge in [-0.25, -0.2) is 4.79 Å². The highest BCUT2D eigenvalue weighted by molar-refractivity contribution is 5.70. The highest BCUT2D eigenvalue weighted by Gasteiger charge is 2.28. The van der Waals surface area contributed by atoms with E-state index in [0.29, 0.717) is 19.5 Å². The maximum atomic E-state index is 11.5. The molecule has 0 spiro atoms. The Labute approximate surface area is 96.5 Å². The number of carbonyl (C=O) groups excluding carboxylic acids is 1. The third-order valence-electron chi connectivity index (χ3n) is 2.13. The smallest absolute Gasteiger partial charge is 0.410 e. The number of unbranched alkanes of at least 4 members (excludes halogenated alkanes) is 1. The summed E-state index contributed by atoms with van der Waals surface area (Å²) in [6, 6.07) is 2.09. The molecule has 1 rings (SSSR count). The number of ether oxygens (including phenoxy) is 1. The molecule has 0 unspecified atom stereocenters. The SMILES string of the molecule is CC(C)(C)OC(=O)N1CC(=CCCC#N)C1. The summed E-state index contributed by atoms with van der Waals surface area (Å²) in [7, 11) is 0. The number of amides is 1. The van der Waals surface area contributed by atoms with E-state index in [-0.39, 0.29) is 6.09 Å². The van der Waals surface area contributed by atoms with Gasteiger partial charge in [-0.05, 0) is 32.8 Å². The van der Waals surface area contributed by atoms with Crippen LogP contribution in [0.15, 0.2) is 11.6 Å². The molecule has 0 aliphatic carbocycles. The third kappa shape index (κ3) is 3.93. The van der Waals surface area contributed by atoms with Crippen molar-refractivity contribution in [3.63, 3.8) is 0 Å². The highest BCUT2D eigenvalue weighted by atomic mass is 16.6. The Morgan fingerprint density at radius 1 is 1.56 bits per heavy atom. The molecule has 1 heterocycles. The fourth-order valence-corrected chi connectivity index (χ4v) is 1.37. The molecule has 0 saturated carbocycles. The quantitative estimate of drug-likeness (QED) is 0.532. The Balaban J connectivity index is 2.28. The molecule has 0 aromatic rings. The normalized spacial score (nSPS) is 15.1. The standard InChI is InChI=1S/C12H18N2O2/c1-12(2,3)16-11(15)14-8-10(9-14)6-4-5-7-13/h6H,4-5,8-9H2,1-3H3. The van der Waals surface area contributed by atoms with Crippen LogP contribution in [0.4, 0.5) is 4.79 Å². The van der Waals surface area contributed by atoms with Crippen LogP contribution in [-0.2, 0) is 4.74 Å². The van der Waals surface area contributed by atoms with E-state index in [9.17, 15) is 4.79 Å². The molecule has 0 aromatic heterocycles. The molecule has 0 aromatic carbocycles. The molecule has 88 valence electrons. The number of nitriles is 1. The van der Waals surface area contributed by atoms with E-state index in [1.54, 1.807) is 4.90 Å². The first-order valence-electron chi connectivity index (χ1n) is 5.45. The molecule has 1 aliphatic rings. The molecule has 0 N–H and O–H groups in total. The van der Waals surface area contributed by atoms with Gasteiger partial charge in [-0.15, -0.1) is 0 Å².